The average Bonchev–Trinajstić information content (AvgIpc) is 2.65. The van der Waals surface area contributed by atoms with Crippen molar-refractivity contribution in [2.75, 3.05) is 18.4 Å². The van der Waals surface area contributed by atoms with Crippen LogP contribution in [0.3, 0.4) is 0 Å². The van der Waals surface area contributed by atoms with Gasteiger partial charge < -0.3 is 5.32 Å². The van der Waals surface area contributed by atoms with Crippen molar-refractivity contribution in [2.24, 2.45) is 5.92 Å². The summed E-state index contributed by atoms with van der Waals surface area (Å²) in [5.41, 5.74) is 0.462. The Morgan fingerprint density at radius 1 is 1.12 bits per heavy atom. The molecular weight excluding hydrogens is 395 g/mol. The largest absolute Gasteiger partial charge is 0.324 e. The third kappa shape index (κ3) is 4.20. The lowest BCUT2D eigenvalue weighted by Gasteiger charge is -2.31. The van der Waals surface area contributed by atoms with Gasteiger partial charge in [-0.25, -0.2) is 8.42 Å². The lowest BCUT2D eigenvalue weighted by Crippen LogP contribution is -2.43. The van der Waals surface area contributed by atoms with Crippen molar-refractivity contribution in [3.63, 3.8) is 0 Å². The second-order valence-electron chi connectivity index (χ2n) is 6.13. The van der Waals surface area contributed by atoms with Gasteiger partial charge in [0.2, 0.25) is 15.9 Å². The van der Waals surface area contributed by atoms with Crippen LogP contribution in [0.15, 0.2) is 53.4 Å². The molecule has 1 amide bonds. The number of nitrogens with one attached hydrogen (secondary N) is 1. The van der Waals surface area contributed by atoms with E-state index in [-0.39, 0.29) is 17.3 Å². The molecule has 138 valence electrons. The molecule has 1 heterocycles. The molecule has 0 unspecified atom stereocenters. The molecule has 1 fully saturated rings. The first-order chi connectivity index (χ1) is 12.4. The van der Waals surface area contributed by atoms with Crippen LogP contribution in [0.2, 0.25) is 10.0 Å². The molecule has 2 aromatic carbocycles. The first-order valence-corrected chi connectivity index (χ1v) is 10.4. The Bertz CT molecular complexity index is 904. The van der Waals surface area contributed by atoms with Crippen LogP contribution >= 0.6 is 23.2 Å². The molecule has 1 aliphatic heterocycles. The van der Waals surface area contributed by atoms with Crippen molar-refractivity contribution in [3.05, 3.63) is 58.6 Å². The standard InChI is InChI=1S/C18H18Cl2N2O3S/c19-14-8-9-17(16(20)11-14)21-18(23)13-5-4-10-22(12-13)26(24,25)15-6-2-1-3-7-15/h1-3,6-9,11,13H,4-5,10,12H2,(H,21,23)/t13-/m0/s1. The first kappa shape index (κ1) is 19.2. The molecule has 0 bridgehead atoms. The van der Waals surface area contributed by atoms with E-state index in [1.54, 1.807) is 48.5 Å². The lowest BCUT2D eigenvalue weighted by atomic mass is 9.99. The highest BCUT2D eigenvalue weighted by Crippen LogP contribution is 2.28. The molecule has 1 N–H and O–H groups in total. The summed E-state index contributed by atoms with van der Waals surface area (Å²) >= 11 is 11.9. The Kier molecular flexibility index (Phi) is 5.87. The van der Waals surface area contributed by atoms with Gasteiger partial charge in [-0.3, -0.25) is 4.79 Å². The smallest absolute Gasteiger partial charge is 0.243 e. The maximum Gasteiger partial charge on any atom is 0.243 e. The maximum atomic E-state index is 12.8. The van der Waals surface area contributed by atoms with E-state index in [1.807, 2.05) is 0 Å². The van der Waals surface area contributed by atoms with E-state index in [0.717, 1.165) is 0 Å². The lowest BCUT2D eigenvalue weighted by molar-refractivity contribution is -0.120. The molecule has 26 heavy (non-hydrogen) atoms. The van der Waals surface area contributed by atoms with Gasteiger partial charge in [-0.05, 0) is 43.2 Å². The Hall–Kier alpha value is -1.60. The summed E-state index contributed by atoms with van der Waals surface area (Å²) in [5, 5.41) is 3.59. The van der Waals surface area contributed by atoms with Gasteiger partial charge in [-0.15, -0.1) is 0 Å². The zero-order valence-electron chi connectivity index (χ0n) is 13.9. The topological polar surface area (TPSA) is 66.5 Å². The molecule has 0 spiro atoms. The molecule has 3 rings (SSSR count). The van der Waals surface area contributed by atoms with Crippen molar-refractivity contribution in [3.8, 4) is 0 Å². The minimum Gasteiger partial charge on any atom is -0.324 e. The summed E-state index contributed by atoms with van der Waals surface area (Å²) in [6, 6.07) is 13.1. The molecule has 0 radical (unpaired) electrons. The number of carbonyl (C=O) groups excluding carboxylic acids is 1. The fraction of sp³-hybridized carbons (Fsp3) is 0.278. The highest BCUT2D eigenvalue weighted by Gasteiger charge is 2.33. The molecule has 2 aromatic rings. The van der Waals surface area contributed by atoms with Crippen molar-refractivity contribution >= 4 is 44.8 Å². The van der Waals surface area contributed by atoms with Crippen LogP contribution in [0.25, 0.3) is 0 Å². The van der Waals surface area contributed by atoms with E-state index in [1.165, 1.54) is 4.31 Å². The van der Waals surface area contributed by atoms with Crippen LogP contribution in [0.4, 0.5) is 5.69 Å². The third-order valence-corrected chi connectivity index (χ3v) is 6.75. The van der Waals surface area contributed by atoms with E-state index in [0.29, 0.717) is 35.1 Å². The summed E-state index contributed by atoms with van der Waals surface area (Å²) in [6.45, 7) is 0.553. The summed E-state index contributed by atoms with van der Waals surface area (Å²) < 4.78 is 26.9. The average molecular weight is 413 g/mol. The highest BCUT2D eigenvalue weighted by molar-refractivity contribution is 7.89. The van der Waals surface area contributed by atoms with Gasteiger partial charge in [0.15, 0.2) is 0 Å². The number of sulfonamides is 1. The van der Waals surface area contributed by atoms with Crippen molar-refractivity contribution in [1.29, 1.82) is 0 Å². The molecule has 0 aliphatic carbocycles. The van der Waals surface area contributed by atoms with Crippen LogP contribution in [0, 0.1) is 5.92 Å². The molecule has 1 aliphatic rings. The Balaban J connectivity index is 1.73. The monoisotopic (exact) mass is 412 g/mol. The molecule has 8 heteroatoms. The Labute approximate surface area is 163 Å². The highest BCUT2D eigenvalue weighted by atomic mass is 35.5. The predicted molar refractivity (Wildman–Crippen MR) is 103 cm³/mol. The second kappa shape index (κ2) is 7.96. The predicted octanol–water partition coefficient (Wildman–Crippen LogP) is 4.03. The fourth-order valence-electron chi connectivity index (χ4n) is 2.94. The molecule has 1 atom stereocenters. The molecule has 5 nitrogen and oxygen atoms in total. The van der Waals surface area contributed by atoms with Gasteiger partial charge in [0.1, 0.15) is 0 Å². The van der Waals surface area contributed by atoms with Gasteiger partial charge >= 0.3 is 0 Å². The molecule has 0 saturated carbocycles. The quantitative estimate of drug-likeness (QED) is 0.823. The zero-order chi connectivity index (χ0) is 18.7. The number of amides is 1. The number of hydrogen-bond acceptors (Lipinski definition) is 3. The Morgan fingerprint density at radius 3 is 2.54 bits per heavy atom. The minimum atomic E-state index is -3.61. The number of piperidine rings is 1. The fourth-order valence-corrected chi connectivity index (χ4v) is 4.94. The number of hydrogen-bond donors (Lipinski definition) is 1. The normalized spacial score (nSPS) is 18.5. The van der Waals surface area contributed by atoms with Gasteiger partial charge in [0.05, 0.1) is 21.5 Å². The van der Waals surface area contributed by atoms with Crippen LogP contribution in [0.1, 0.15) is 12.8 Å². The van der Waals surface area contributed by atoms with E-state index < -0.39 is 15.9 Å². The van der Waals surface area contributed by atoms with Gasteiger partial charge in [0, 0.05) is 18.1 Å². The molecular formula is C18H18Cl2N2O3S. The van der Waals surface area contributed by atoms with E-state index in [4.69, 9.17) is 23.2 Å². The second-order valence-corrected chi connectivity index (χ2v) is 8.91. The summed E-state index contributed by atoms with van der Waals surface area (Å²) in [4.78, 5) is 12.8. The molecule has 1 saturated heterocycles. The van der Waals surface area contributed by atoms with E-state index in [2.05, 4.69) is 5.32 Å². The van der Waals surface area contributed by atoms with Crippen LogP contribution in [0.5, 0.6) is 0 Å². The van der Waals surface area contributed by atoms with Crippen molar-refractivity contribution in [1.82, 2.24) is 4.31 Å². The van der Waals surface area contributed by atoms with Crippen molar-refractivity contribution < 1.29 is 13.2 Å². The van der Waals surface area contributed by atoms with Crippen LogP contribution < -0.4 is 5.32 Å². The number of benzene rings is 2. The first-order valence-electron chi connectivity index (χ1n) is 8.19. The van der Waals surface area contributed by atoms with E-state index >= 15 is 0 Å². The van der Waals surface area contributed by atoms with Crippen molar-refractivity contribution in [2.45, 2.75) is 17.7 Å². The number of anilines is 1. The summed E-state index contributed by atoms with van der Waals surface area (Å²) in [5.74, 6) is -0.684. The summed E-state index contributed by atoms with van der Waals surface area (Å²) in [7, 11) is -3.61. The third-order valence-electron chi connectivity index (χ3n) is 4.32. The van der Waals surface area contributed by atoms with Gasteiger partial charge in [-0.2, -0.15) is 4.31 Å². The number of carbonyl (C=O) groups is 1. The Morgan fingerprint density at radius 2 is 1.85 bits per heavy atom. The number of nitrogens with zero attached hydrogens (tertiary/aromatic N) is 1. The van der Waals surface area contributed by atoms with Crippen LogP contribution in [-0.4, -0.2) is 31.7 Å². The van der Waals surface area contributed by atoms with Gasteiger partial charge in [-0.1, -0.05) is 41.4 Å². The van der Waals surface area contributed by atoms with Crippen LogP contribution in [-0.2, 0) is 14.8 Å². The van der Waals surface area contributed by atoms with Gasteiger partial charge in [0.25, 0.3) is 0 Å². The number of rotatable bonds is 4. The SMILES string of the molecule is O=C(Nc1ccc(Cl)cc1Cl)[C@H]1CCCN(S(=O)(=O)c2ccccc2)C1. The van der Waals surface area contributed by atoms with E-state index in [9.17, 15) is 13.2 Å². The number of halogens is 2. The summed E-state index contributed by atoms with van der Waals surface area (Å²) in [6.07, 6.45) is 1.25. The minimum absolute atomic E-state index is 0.147. The zero-order valence-corrected chi connectivity index (χ0v) is 16.2. The maximum absolute atomic E-state index is 12.8. The molecule has 0 aromatic heterocycles.